The quantitative estimate of drug-likeness (QED) is 0.895. The second-order valence-corrected chi connectivity index (χ2v) is 3.87. The Hall–Kier alpha value is -2.29. The number of carbonyl (C=O) groups is 1. The van der Waals surface area contributed by atoms with Gasteiger partial charge in [-0.15, -0.1) is 0 Å². The summed E-state index contributed by atoms with van der Waals surface area (Å²) in [5.41, 5.74) is 1.91. The highest BCUT2D eigenvalue weighted by atomic mass is 16.5. The second kappa shape index (κ2) is 5.87. The third-order valence-electron chi connectivity index (χ3n) is 2.41. The lowest BCUT2D eigenvalue weighted by molar-refractivity contribution is 0.200. The van der Waals surface area contributed by atoms with Crippen molar-refractivity contribution >= 4 is 6.09 Å². The van der Waals surface area contributed by atoms with Crippen molar-refractivity contribution in [3.05, 3.63) is 72.6 Å². The molecule has 0 bridgehead atoms. The smallest absolute Gasteiger partial charge is 0.410 e. The molecular formula is C15H14NO2. The van der Waals surface area contributed by atoms with Crippen LogP contribution in [0.1, 0.15) is 11.1 Å². The predicted octanol–water partition coefficient (Wildman–Crippen LogP) is 3.16. The van der Waals surface area contributed by atoms with E-state index in [1.54, 1.807) is 24.3 Å². The summed E-state index contributed by atoms with van der Waals surface area (Å²) in [6.45, 7) is 4.21. The van der Waals surface area contributed by atoms with Gasteiger partial charge in [-0.3, -0.25) is 0 Å². The van der Waals surface area contributed by atoms with Gasteiger partial charge in [0, 0.05) is 6.54 Å². The van der Waals surface area contributed by atoms with Crippen LogP contribution >= 0.6 is 0 Å². The van der Waals surface area contributed by atoms with E-state index in [0.717, 1.165) is 11.1 Å². The third-order valence-corrected chi connectivity index (χ3v) is 2.41. The van der Waals surface area contributed by atoms with Crippen LogP contribution in [0.3, 0.4) is 0 Å². The van der Waals surface area contributed by atoms with Gasteiger partial charge in [0.2, 0.25) is 0 Å². The molecule has 0 atom stereocenters. The maximum atomic E-state index is 11.5. The molecule has 0 heterocycles. The molecule has 18 heavy (non-hydrogen) atoms. The van der Waals surface area contributed by atoms with Gasteiger partial charge in [-0.1, -0.05) is 42.5 Å². The van der Waals surface area contributed by atoms with Crippen molar-refractivity contribution in [2.75, 3.05) is 0 Å². The largest absolute Gasteiger partial charge is 0.412 e. The first kappa shape index (κ1) is 12.2. The number of nitrogens with one attached hydrogen (secondary N) is 1. The topological polar surface area (TPSA) is 38.3 Å². The van der Waals surface area contributed by atoms with Crippen LogP contribution in [0.15, 0.2) is 54.6 Å². The molecule has 2 rings (SSSR count). The van der Waals surface area contributed by atoms with Crippen molar-refractivity contribution in [1.82, 2.24) is 5.32 Å². The van der Waals surface area contributed by atoms with Gasteiger partial charge < -0.3 is 10.1 Å². The van der Waals surface area contributed by atoms with E-state index in [-0.39, 0.29) is 0 Å². The van der Waals surface area contributed by atoms with Gasteiger partial charge in [-0.2, -0.15) is 0 Å². The Balaban J connectivity index is 1.84. The number of hydrogen-bond donors (Lipinski definition) is 1. The van der Waals surface area contributed by atoms with Crippen molar-refractivity contribution in [3.63, 3.8) is 0 Å². The van der Waals surface area contributed by atoms with Crippen molar-refractivity contribution in [2.45, 2.75) is 6.54 Å². The molecule has 91 valence electrons. The number of ether oxygens (including phenoxy) is 1. The first-order valence-corrected chi connectivity index (χ1v) is 5.66. The fourth-order valence-corrected chi connectivity index (χ4v) is 1.47. The number of hydrogen-bond acceptors (Lipinski definition) is 2. The zero-order chi connectivity index (χ0) is 12.8. The van der Waals surface area contributed by atoms with Gasteiger partial charge in [0.1, 0.15) is 5.75 Å². The summed E-state index contributed by atoms with van der Waals surface area (Å²) in [5, 5.41) is 2.69. The second-order valence-electron chi connectivity index (χ2n) is 3.87. The van der Waals surface area contributed by atoms with Crippen LogP contribution in [0.25, 0.3) is 0 Å². The van der Waals surface area contributed by atoms with E-state index in [9.17, 15) is 4.79 Å². The summed E-state index contributed by atoms with van der Waals surface area (Å²) in [5.74, 6) is 0.507. The minimum atomic E-state index is -0.462. The average Bonchev–Trinajstić information content (AvgIpc) is 2.40. The predicted molar refractivity (Wildman–Crippen MR) is 70.2 cm³/mol. The summed E-state index contributed by atoms with van der Waals surface area (Å²) in [7, 11) is 0. The standard InChI is InChI=1S/C15H14NO2/c1-12-7-9-14(10-8-12)18-15(17)16-11-13-5-3-2-4-6-13/h2-10H,1,11H2,(H,16,17). The molecule has 0 aromatic heterocycles. The van der Waals surface area contributed by atoms with Crippen LogP contribution in [-0.4, -0.2) is 6.09 Å². The first-order valence-electron chi connectivity index (χ1n) is 5.66. The van der Waals surface area contributed by atoms with Crippen LogP contribution in [0.5, 0.6) is 5.75 Å². The molecule has 0 unspecified atom stereocenters. The van der Waals surface area contributed by atoms with Crippen LogP contribution < -0.4 is 10.1 Å². The molecule has 1 radical (unpaired) electrons. The molecule has 0 spiro atoms. The monoisotopic (exact) mass is 240 g/mol. The Kier molecular flexibility index (Phi) is 3.97. The maximum absolute atomic E-state index is 11.5. The Morgan fingerprint density at radius 1 is 1.06 bits per heavy atom. The van der Waals surface area contributed by atoms with E-state index in [4.69, 9.17) is 4.74 Å². The first-order chi connectivity index (χ1) is 8.74. The molecule has 0 saturated carbocycles. The van der Waals surface area contributed by atoms with Crippen LogP contribution in [0.2, 0.25) is 0 Å². The normalized spacial score (nSPS) is 9.83. The summed E-state index contributed by atoms with van der Waals surface area (Å²) < 4.78 is 5.11. The summed E-state index contributed by atoms with van der Waals surface area (Å²) in [6, 6.07) is 16.7. The highest BCUT2D eigenvalue weighted by Crippen LogP contribution is 2.11. The number of carbonyl (C=O) groups excluding carboxylic acids is 1. The minimum absolute atomic E-state index is 0.451. The van der Waals surface area contributed by atoms with Crippen molar-refractivity contribution in [2.24, 2.45) is 0 Å². The van der Waals surface area contributed by atoms with Crippen LogP contribution in [0.4, 0.5) is 4.79 Å². The molecule has 3 nitrogen and oxygen atoms in total. The molecule has 2 aromatic carbocycles. The molecular weight excluding hydrogens is 226 g/mol. The molecule has 0 aliphatic heterocycles. The van der Waals surface area contributed by atoms with E-state index in [2.05, 4.69) is 12.2 Å². The molecule has 1 amide bonds. The third kappa shape index (κ3) is 3.63. The Labute approximate surface area is 106 Å². The summed E-state index contributed by atoms with van der Waals surface area (Å²) in [6.07, 6.45) is -0.462. The van der Waals surface area contributed by atoms with Crippen LogP contribution in [0, 0.1) is 6.92 Å². The zero-order valence-electron chi connectivity index (χ0n) is 9.93. The van der Waals surface area contributed by atoms with Gasteiger partial charge in [-0.25, -0.2) is 4.79 Å². The van der Waals surface area contributed by atoms with Gasteiger partial charge in [0.15, 0.2) is 0 Å². The van der Waals surface area contributed by atoms with Crippen molar-refractivity contribution in [3.8, 4) is 5.75 Å². The lowest BCUT2D eigenvalue weighted by Gasteiger charge is -2.06. The summed E-state index contributed by atoms with van der Waals surface area (Å²) in [4.78, 5) is 11.5. The fraction of sp³-hybridized carbons (Fsp3) is 0.0667. The van der Waals surface area contributed by atoms with E-state index in [1.165, 1.54) is 0 Å². The Morgan fingerprint density at radius 2 is 1.72 bits per heavy atom. The lowest BCUT2D eigenvalue weighted by Crippen LogP contribution is -2.26. The van der Waals surface area contributed by atoms with Gasteiger partial charge in [-0.05, 0) is 30.2 Å². The minimum Gasteiger partial charge on any atom is -0.410 e. The van der Waals surface area contributed by atoms with Gasteiger partial charge in [0.25, 0.3) is 0 Å². The maximum Gasteiger partial charge on any atom is 0.412 e. The lowest BCUT2D eigenvalue weighted by atomic mass is 10.2. The summed E-state index contributed by atoms with van der Waals surface area (Å²) >= 11 is 0. The molecule has 1 N–H and O–H groups in total. The molecule has 0 fully saturated rings. The van der Waals surface area contributed by atoms with Crippen molar-refractivity contribution < 1.29 is 9.53 Å². The fourth-order valence-electron chi connectivity index (χ4n) is 1.47. The molecule has 0 aliphatic carbocycles. The molecule has 3 heteroatoms. The van der Waals surface area contributed by atoms with Gasteiger partial charge >= 0.3 is 6.09 Å². The molecule has 0 aliphatic rings. The van der Waals surface area contributed by atoms with E-state index < -0.39 is 6.09 Å². The Bertz CT molecular complexity index is 506. The van der Waals surface area contributed by atoms with E-state index >= 15 is 0 Å². The van der Waals surface area contributed by atoms with Gasteiger partial charge in [0.05, 0.1) is 0 Å². The van der Waals surface area contributed by atoms with Crippen molar-refractivity contribution in [1.29, 1.82) is 0 Å². The van der Waals surface area contributed by atoms with E-state index in [0.29, 0.717) is 12.3 Å². The molecule has 2 aromatic rings. The number of rotatable bonds is 3. The zero-order valence-corrected chi connectivity index (χ0v) is 9.93. The highest BCUT2D eigenvalue weighted by Gasteiger charge is 2.03. The van der Waals surface area contributed by atoms with E-state index in [1.807, 2.05) is 30.3 Å². The highest BCUT2D eigenvalue weighted by molar-refractivity contribution is 5.70. The Morgan fingerprint density at radius 3 is 2.39 bits per heavy atom. The number of benzene rings is 2. The SMILES string of the molecule is [CH2]c1ccc(OC(=O)NCc2ccccc2)cc1. The molecule has 0 saturated heterocycles. The van der Waals surface area contributed by atoms with Crippen LogP contribution in [-0.2, 0) is 6.54 Å². The number of amides is 1. The average molecular weight is 240 g/mol.